The summed E-state index contributed by atoms with van der Waals surface area (Å²) in [6.07, 6.45) is 1.07. The summed E-state index contributed by atoms with van der Waals surface area (Å²) in [6, 6.07) is 16.4. The van der Waals surface area contributed by atoms with Gasteiger partial charge in [-0.2, -0.15) is 0 Å². The van der Waals surface area contributed by atoms with Gasteiger partial charge in [-0.25, -0.2) is 0 Å². The number of nitrogens with two attached hydrogens (primary N) is 1. The zero-order valence-corrected chi connectivity index (χ0v) is 14.4. The maximum atomic E-state index is 5.83. The molecule has 0 aliphatic carbocycles. The minimum atomic E-state index is 0.779. The zero-order chi connectivity index (χ0) is 16.8. The fraction of sp³-hybridized carbons (Fsp3) is 0.400. The van der Waals surface area contributed by atoms with E-state index in [1.54, 1.807) is 0 Å². The number of anilines is 2. The van der Waals surface area contributed by atoms with Crippen LogP contribution in [0.2, 0.25) is 0 Å². The van der Waals surface area contributed by atoms with E-state index >= 15 is 0 Å². The van der Waals surface area contributed by atoms with E-state index in [9.17, 15) is 0 Å². The van der Waals surface area contributed by atoms with Gasteiger partial charge in [0, 0.05) is 44.1 Å². The third kappa shape index (κ3) is 4.65. The molecule has 3 rings (SSSR count). The predicted molar refractivity (Wildman–Crippen MR) is 101 cm³/mol. The summed E-state index contributed by atoms with van der Waals surface area (Å²) in [5.41, 5.74) is 9.09. The number of hydrogen-bond acceptors (Lipinski definition) is 4. The number of ether oxygens (including phenoxy) is 1. The number of aryl methyl sites for hydroxylation is 1. The van der Waals surface area contributed by atoms with E-state index in [2.05, 4.69) is 41.0 Å². The first-order valence-electron chi connectivity index (χ1n) is 8.73. The minimum absolute atomic E-state index is 0.779. The lowest BCUT2D eigenvalue weighted by Crippen LogP contribution is -2.46. The maximum absolute atomic E-state index is 5.83. The van der Waals surface area contributed by atoms with Gasteiger partial charge < -0.3 is 15.4 Å². The Morgan fingerprint density at radius 1 is 1.00 bits per heavy atom. The van der Waals surface area contributed by atoms with Crippen LogP contribution in [0.4, 0.5) is 11.4 Å². The van der Waals surface area contributed by atoms with Crippen LogP contribution >= 0.6 is 0 Å². The molecule has 0 amide bonds. The smallest absolute Gasteiger partial charge is 0.119 e. The van der Waals surface area contributed by atoms with Crippen LogP contribution in [0.3, 0.4) is 0 Å². The lowest BCUT2D eigenvalue weighted by atomic mass is 10.2. The van der Waals surface area contributed by atoms with Gasteiger partial charge in [-0.15, -0.1) is 0 Å². The molecule has 2 N–H and O–H groups in total. The Bertz CT molecular complexity index is 634. The molecule has 0 saturated carbocycles. The van der Waals surface area contributed by atoms with Gasteiger partial charge >= 0.3 is 0 Å². The highest BCUT2D eigenvalue weighted by molar-refractivity contribution is 5.53. The van der Waals surface area contributed by atoms with Crippen LogP contribution in [0, 0.1) is 6.92 Å². The van der Waals surface area contributed by atoms with Crippen molar-refractivity contribution in [3.63, 3.8) is 0 Å². The van der Waals surface area contributed by atoms with Gasteiger partial charge in [-0.05, 0) is 55.3 Å². The molecule has 0 aromatic heterocycles. The quantitative estimate of drug-likeness (QED) is 0.654. The van der Waals surface area contributed by atoms with Gasteiger partial charge in [0.1, 0.15) is 5.75 Å². The molecular formula is C20H27N3O. The zero-order valence-electron chi connectivity index (χ0n) is 14.4. The van der Waals surface area contributed by atoms with E-state index < -0.39 is 0 Å². The first-order chi connectivity index (χ1) is 11.7. The van der Waals surface area contributed by atoms with E-state index in [-0.39, 0.29) is 0 Å². The Balaban J connectivity index is 1.36. The van der Waals surface area contributed by atoms with Crippen molar-refractivity contribution in [1.82, 2.24) is 4.90 Å². The van der Waals surface area contributed by atoms with Crippen LogP contribution in [-0.4, -0.2) is 44.2 Å². The lowest BCUT2D eigenvalue weighted by Gasteiger charge is -2.36. The molecule has 0 bridgehead atoms. The molecule has 1 saturated heterocycles. The van der Waals surface area contributed by atoms with Gasteiger partial charge in [0.15, 0.2) is 0 Å². The third-order valence-corrected chi connectivity index (χ3v) is 4.51. The van der Waals surface area contributed by atoms with Crippen LogP contribution in [0.5, 0.6) is 5.75 Å². The van der Waals surface area contributed by atoms with Crippen LogP contribution in [-0.2, 0) is 0 Å². The Kier molecular flexibility index (Phi) is 5.59. The predicted octanol–water partition coefficient (Wildman–Crippen LogP) is 3.17. The van der Waals surface area contributed by atoms with Gasteiger partial charge in [0.05, 0.1) is 6.61 Å². The number of rotatable bonds is 6. The molecule has 4 heteroatoms. The van der Waals surface area contributed by atoms with Crippen molar-refractivity contribution < 1.29 is 4.74 Å². The number of nitrogen functional groups attached to an aromatic ring is 1. The average molecular weight is 325 g/mol. The molecule has 1 aliphatic heterocycles. The largest absolute Gasteiger partial charge is 0.494 e. The molecule has 2 aromatic rings. The summed E-state index contributed by atoms with van der Waals surface area (Å²) in [5, 5.41) is 0. The topological polar surface area (TPSA) is 41.7 Å². The first-order valence-corrected chi connectivity index (χ1v) is 8.73. The molecule has 0 spiro atoms. The van der Waals surface area contributed by atoms with E-state index in [0.29, 0.717) is 0 Å². The standard InChI is InChI=1S/C20H27N3O/c1-17-4-2-5-20(16-17)24-15-3-10-22-11-13-23(14-12-22)19-8-6-18(21)7-9-19/h2,4-9,16H,3,10-15,21H2,1H3. The van der Waals surface area contributed by atoms with Crippen molar-refractivity contribution in [3.8, 4) is 5.75 Å². The van der Waals surface area contributed by atoms with Crippen molar-refractivity contribution in [2.24, 2.45) is 0 Å². The van der Waals surface area contributed by atoms with Crippen molar-refractivity contribution in [2.45, 2.75) is 13.3 Å². The fourth-order valence-electron chi connectivity index (χ4n) is 3.10. The van der Waals surface area contributed by atoms with E-state index in [1.807, 2.05) is 24.3 Å². The second kappa shape index (κ2) is 8.06. The molecular weight excluding hydrogens is 298 g/mol. The number of hydrogen-bond donors (Lipinski definition) is 1. The van der Waals surface area contributed by atoms with Crippen LogP contribution in [0.25, 0.3) is 0 Å². The van der Waals surface area contributed by atoms with Crippen LogP contribution in [0.1, 0.15) is 12.0 Å². The second-order valence-corrected chi connectivity index (χ2v) is 6.44. The van der Waals surface area contributed by atoms with Gasteiger partial charge in [-0.3, -0.25) is 4.90 Å². The SMILES string of the molecule is Cc1cccc(OCCCN2CCN(c3ccc(N)cc3)CC2)c1. The maximum Gasteiger partial charge on any atom is 0.119 e. The molecule has 1 heterocycles. The number of nitrogens with zero attached hydrogens (tertiary/aromatic N) is 2. The summed E-state index contributed by atoms with van der Waals surface area (Å²) in [6.45, 7) is 8.32. The second-order valence-electron chi connectivity index (χ2n) is 6.44. The highest BCUT2D eigenvalue weighted by atomic mass is 16.5. The fourth-order valence-corrected chi connectivity index (χ4v) is 3.10. The average Bonchev–Trinajstić information content (AvgIpc) is 2.60. The van der Waals surface area contributed by atoms with Crippen LogP contribution < -0.4 is 15.4 Å². The summed E-state index contributed by atoms with van der Waals surface area (Å²) in [5.74, 6) is 0.975. The van der Waals surface area contributed by atoms with Gasteiger partial charge in [0.2, 0.25) is 0 Å². The number of piperazine rings is 1. The first kappa shape index (κ1) is 16.7. The van der Waals surface area contributed by atoms with E-state index in [1.165, 1.54) is 11.3 Å². The lowest BCUT2D eigenvalue weighted by molar-refractivity contribution is 0.224. The Morgan fingerprint density at radius 2 is 1.75 bits per heavy atom. The molecule has 0 atom stereocenters. The third-order valence-electron chi connectivity index (χ3n) is 4.51. The van der Waals surface area contributed by atoms with Crippen molar-refractivity contribution in [2.75, 3.05) is 50.0 Å². The molecule has 1 aliphatic rings. The van der Waals surface area contributed by atoms with Crippen molar-refractivity contribution in [3.05, 3.63) is 54.1 Å². The highest BCUT2D eigenvalue weighted by Crippen LogP contribution is 2.18. The summed E-state index contributed by atoms with van der Waals surface area (Å²) in [4.78, 5) is 4.95. The minimum Gasteiger partial charge on any atom is -0.494 e. The highest BCUT2D eigenvalue weighted by Gasteiger charge is 2.16. The molecule has 128 valence electrons. The molecule has 1 fully saturated rings. The van der Waals surface area contributed by atoms with E-state index in [0.717, 1.165) is 57.2 Å². The van der Waals surface area contributed by atoms with E-state index in [4.69, 9.17) is 10.5 Å². The Hall–Kier alpha value is -2.20. The summed E-state index contributed by atoms with van der Waals surface area (Å²) < 4.78 is 5.83. The molecule has 4 nitrogen and oxygen atoms in total. The Labute approximate surface area is 144 Å². The molecule has 2 aromatic carbocycles. The van der Waals surface area contributed by atoms with Crippen molar-refractivity contribution >= 4 is 11.4 Å². The summed E-state index contributed by atoms with van der Waals surface area (Å²) >= 11 is 0. The van der Waals surface area contributed by atoms with Gasteiger partial charge in [0.25, 0.3) is 0 Å². The van der Waals surface area contributed by atoms with Crippen molar-refractivity contribution in [1.29, 1.82) is 0 Å². The van der Waals surface area contributed by atoms with Gasteiger partial charge in [-0.1, -0.05) is 12.1 Å². The number of benzene rings is 2. The van der Waals surface area contributed by atoms with Crippen LogP contribution in [0.15, 0.2) is 48.5 Å². The Morgan fingerprint density at radius 3 is 2.46 bits per heavy atom. The molecule has 0 unspecified atom stereocenters. The molecule has 0 radical (unpaired) electrons. The molecule has 24 heavy (non-hydrogen) atoms. The normalized spacial score (nSPS) is 15.5. The summed E-state index contributed by atoms with van der Waals surface area (Å²) in [7, 11) is 0. The monoisotopic (exact) mass is 325 g/mol.